The van der Waals surface area contributed by atoms with E-state index in [1.165, 1.54) is 12.1 Å². The highest BCUT2D eigenvalue weighted by molar-refractivity contribution is 5.96. The predicted octanol–water partition coefficient (Wildman–Crippen LogP) is 3.82. The van der Waals surface area contributed by atoms with Crippen molar-refractivity contribution in [2.45, 2.75) is 46.0 Å². The van der Waals surface area contributed by atoms with Gasteiger partial charge < -0.3 is 4.90 Å². The highest BCUT2D eigenvalue weighted by Gasteiger charge is 2.24. The minimum absolute atomic E-state index is 0.105. The van der Waals surface area contributed by atoms with Gasteiger partial charge in [0.25, 0.3) is 0 Å². The number of anilines is 1. The van der Waals surface area contributed by atoms with E-state index in [2.05, 4.69) is 6.07 Å². The van der Waals surface area contributed by atoms with Crippen LogP contribution >= 0.6 is 0 Å². The molecular weight excluding hydrogens is 267 g/mol. The van der Waals surface area contributed by atoms with Gasteiger partial charge in [0.2, 0.25) is 5.91 Å². The van der Waals surface area contributed by atoms with Gasteiger partial charge >= 0.3 is 0 Å². The minimum Gasteiger partial charge on any atom is -0.312 e. The Bertz CT molecular complexity index is 575. The molecule has 0 bridgehead atoms. The number of benzene rings is 1. The van der Waals surface area contributed by atoms with Gasteiger partial charge in [-0.3, -0.25) is 4.79 Å². The van der Waals surface area contributed by atoms with Crippen LogP contribution in [0.2, 0.25) is 0 Å². The van der Waals surface area contributed by atoms with Crippen LogP contribution in [0.1, 0.15) is 45.1 Å². The van der Waals surface area contributed by atoms with Crippen molar-refractivity contribution in [1.29, 1.82) is 5.26 Å². The maximum Gasteiger partial charge on any atom is 0.227 e. The maximum absolute atomic E-state index is 13.3. The van der Waals surface area contributed by atoms with Crippen molar-refractivity contribution in [3.05, 3.63) is 29.6 Å². The summed E-state index contributed by atoms with van der Waals surface area (Å²) in [5, 5.41) is 8.99. The first-order chi connectivity index (χ1) is 9.93. The van der Waals surface area contributed by atoms with Gasteiger partial charge in [-0.2, -0.15) is 5.26 Å². The Hall–Kier alpha value is -1.89. The summed E-state index contributed by atoms with van der Waals surface area (Å²) >= 11 is 0. The number of carbonyl (C=O) groups is 1. The Kier molecular flexibility index (Phi) is 4.62. The second-order valence-corrected chi connectivity index (χ2v) is 6.27. The smallest absolute Gasteiger partial charge is 0.227 e. The molecule has 1 heterocycles. The summed E-state index contributed by atoms with van der Waals surface area (Å²) in [5.74, 6) is -0.146. The van der Waals surface area contributed by atoms with Crippen LogP contribution in [0, 0.1) is 22.6 Å². The number of hydrogen-bond acceptors (Lipinski definition) is 2. The molecule has 0 aliphatic carbocycles. The molecule has 0 saturated heterocycles. The molecule has 0 aromatic heterocycles. The molecule has 0 spiro atoms. The Morgan fingerprint density at radius 3 is 2.81 bits per heavy atom. The van der Waals surface area contributed by atoms with E-state index in [-0.39, 0.29) is 17.1 Å². The summed E-state index contributed by atoms with van der Waals surface area (Å²) in [4.78, 5) is 13.8. The molecule has 1 amide bonds. The molecule has 112 valence electrons. The Labute approximate surface area is 125 Å². The number of aryl methyl sites for hydroxylation is 1. The second-order valence-electron chi connectivity index (χ2n) is 6.27. The van der Waals surface area contributed by atoms with Crippen LogP contribution in [0.5, 0.6) is 0 Å². The summed E-state index contributed by atoms with van der Waals surface area (Å²) in [6.07, 6.45) is 3.64. The lowest BCUT2D eigenvalue weighted by molar-refractivity contribution is -0.118. The van der Waals surface area contributed by atoms with Crippen LogP contribution in [0.3, 0.4) is 0 Å². The standard InChI is InChI=1S/C17H21FN2O/c1-17(2,12-19)9-3-4-10-20-15-7-6-14(18)11-13(15)5-8-16(20)21/h6-7,11H,3-5,8-10H2,1-2H3. The maximum atomic E-state index is 13.3. The van der Waals surface area contributed by atoms with Crippen LogP contribution in [-0.2, 0) is 11.2 Å². The first kappa shape index (κ1) is 15.5. The molecule has 0 fully saturated rings. The molecule has 0 radical (unpaired) electrons. The minimum atomic E-state index is -0.313. The number of unbranched alkanes of at least 4 members (excludes halogenated alkanes) is 1. The van der Waals surface area contributed by atoms with Crippen molar-refractivity contribution in [2.75, 3.05) is 11.4 Å². The van der Waals surface area contributed by atoms with E-state index in [0.29, 0.717) is 19.4 Å². The average molecular weight is 288 g/mol. The van der Waals surface area contributed by atoms with Gasteiger partial charge in [-0.05, 0) is 56.9 Å². The van der Waals surface area contributed by atoms with Gasteiger partial charge in [0.15, 0.2) is 0 Å². The lowest BCUT2D eigenvalue weighted by Gasteiger charge is -2.29. The molecule has 21 heavy (non-hydrogen) atoms. The van der Waals surface area contributed by atoms with Crippen LogP contribution in [-0.4, -0.2) is 12.5 Å². The quantitative estimate of drug-likeness (QED) is 0.773. The fraction of sp³-hybridized carbons (Fsp3) is 0.529. The fourth-order valence-electron chi connectivity index (χ4n) is 2.67. The third-order valence-corrected chi connectivity index (χ3v) is 3.98. The van der Waals surface area contributed by atoms with Gasteiger partial charge in [0.1, 0.15) is 5.82 Å². The van der Waals surface area contributed by atoms with Crippen molar-refractivity contribution in [1.82, 2.24) is 0 Å². The van der Waals surface area contributed by atoms with Crippen LogP contribution in [0.15, 0.2) is 18.2 Å². The van der Waals surface area contributed by atoms with Gasteiger partial charge in [-0.1, -0.05) is 6.42 Å². The van der Waals surface area contributed by atoms with Gasteiger partial charge in [0, 0.05) is 18.7 Å². The third-order valence-electron chi connectivity index (χ3n) is 3.98. The number of carbonyl (C=O) groups excluding carboxylic acids is 1. The fourth-order valence-corrected chi connectivity index (χ4v) is 2.67. The lowest BCUT2D eigenvalue weighted by Crippen LogP contribution is -2.36. The number of halogens is 1. The highest BCUT2D eigenvalue weighted by Crippen LogP contribution is 2.29. The first-order valence-electron chi connectivity index (χ1n) is 7.43. The third kappa shape index (κ3) is 3.81. The number of nitriles is 1. The van der Waals surface area contributed by atoms with Crippen molar-refractivity contribution in [2.24, 2.45) is 5.41 Å². The van der Waals surface area contributed by atoms with E-state index in [1.807, 2.05) is 13.8 Å². The highest BCUT2D eigenvalue weighted by atomic mass is 19.1. The topological polar surface area (TPSA) is 44.1 Å². The van der Waals surface area contributed by atoms with Crippen LogP contribution < -0.4 is 4.90 Å². The SMILES string of the molecule is CC(C)(C#N)CCCCN1C(=O)CCc2cc(F)ccc21. The zero-order valence-electron chi connectivity index (χ0n) is 12.7. The summed E-state index contributed by atoms with van der Waals surface area (Å²) in [5.41, 5.74) is 1.44. The second kappa shape index (κ2) is 6.26. The number of hydrogen-bond donors (Lipinski definition) is 0. The van der Waals surface area contributed by atoms with Gasteiger partial charge in [-0.15, -0.1) is 0 Å². The Balaban J connectivity index is 1.98. The summed E-state index contributed by atoms with van der Waals surface area (Å²) in [6.45, 7) is 4.49. The molecule has 0 N–H and O–H groups in total. The van der Waals surface area contributed by atoms with Crippen LogP contribution in [0.4, 0.5) is 10.1 Å². The normalized spacial score (nSPS) is 14.8. The largest absolute Gasteiger partial charge is 0.312 e. The Morgan fingerprint density at radius 1 is 1.33 bits per heavy atom. The van der Waals surface area contributed by atoms with E-state index in [9.17, 15) is 9.18 Å². The number of nitrogens with zero attached hydrogens (tertiary/aromatic N) is 2. The van der Waals surface area contributed by atoms with Crippen molar-refractivity contribution < 1.29 is 9.18 Å². The van der Waals surface area contributed by atoms with Crippen molar-refractivity contribution >= 4 is 11.6 Å². The molecule has 2 rings (SSSR count). The number of amides is 1. The average Bonchev–Trinajstić information content (AvgIpc) is 2.45. The molecule has 1 aliphatic rings. The van der Waals surface area contributed by atoms with Gasteiger partial charge in [-0.25, -0.2) is 4.39 Å². The molecule has 0 unspecified atom stereocenters. The zero-order chi connectivity index (χ0) is 15.5. The molecule has 1 aromatic carbocycles. The summed E-state index contributed by atoms with van der Waals surface area (Å²) in [7, 11) is 0. The van der Waals surface area contributed by atoms with E-state index >= 15 is 0 Å². The molecule has 0 atom stereocenters. The lowest BCUT2D eigenvalue weighted by atomic mass is 9.89. The molecule has 3 nitrogen and oxygen atoms in total. The van der Waals surface area contributed by atoms with E-state index in [0.717, 1.165) is 30.5 Å². The molecule has 0 saturated carbocycles. The van der Waals surface area contributed by atoms with Crippen molar-refractivity contribution in [3.8, 4) is 6.07 Å². The molecule has 4 heteroatoms. The molecule has 1 aliphatic heterocycles. The summed E-state index contributed by atoms with van der Waals surface area (Å²) < 4.78 is 13.3. The molecule has 1 aromatic rings. The predicted molar refractivity (Wildman–Crippen MR) is 80.3 cm³/mol. The Morgan fingerprint density at radius 2 is 2.10 bits per heavy atom. The zero-order valence-corrected chi connectivity index (χ0v) is 12.7. The van der Waals surface area contributed by atoms with Crippen LogP contribution in [0.25, 0.3) is 0 Å². The molecular formula is C17H21FN2O. The summed E-state index contributed by atoms with van der Waals surface area (Å²) in [6, 6.07) is 6.91. The monoisotopic (exact) mass is 288 g/mol. The van der Waals surface area contributed by atoms with E-state index < -0.39 is 0 Å². The van der Waals surface area contributed by atoms with Gasteiger partial charge in [0.05, 0.1) is 11.5 Å². The van der Waals surface area contributed by atoms with E-state index in [1.54, 1.807) is 11.0 Å². The number of fused-ring (bicyclic) bond motifs is 1. The first-order valence-corrected chi connectivity index (χ1v) is 7.43. The van der Waals surface area contributed by atoms with E-state index in [4.69, 9.17) is 5.26 Å². The number of rotatable bonds is 5. The van der Waals surface area contributed by atoms with Crippen molar-refractivity contribution in [3.63, 3.8) is 0 Å².